The van der Waals surface area contributed by atoms with Gasteiger partial charge in [0, 0.05) is 11.5 Å². The Labute approximate surface area is 674 Å². The number of fused-ring (bicyclic) bond motifs is 7. The molecule has 11 fully saturated rings. The molecule has 38 heteroatoms. The predicted molar refractivity (Wildman–Crippen MR) is 389 cm³/mol. The first-order valence-corrected chi connectivity index (χ1v) is 40.3. The second kappa shape index (κ2) is 34.7. The van der Waals surface area contributed by atoms with Crippen LogP contribution in [0, 0.1) is 50.2 Å². The molecule has 41 atom stereocenters. The first-order valence-electron chi connectivity index (χ1n) is 40.3. The van der Waals surface area contributed by atoms with Crippen molar-refractivity contribution in [1.82, 2.24) is 0 Å². The summed E-state index contributed by atoms with van der Waals surface area (Å²) in [5.41, 5.74) is -8.04. The fraction of sp³-hybridized carbons (Fsp3) is 0.835. The zero-order chi connectivity index (χ0) is 85.0. The van der Waals surface area contributed by atoms with Crippen molar-refractivity contribution < 1.29 is 187 Å². The van der Waals surface area contributed by atoms with Crippen molar-refractivity contribution in [2.75, 3.05) is 46.8 Å². The summed E-state index contributed by atoms with van der Waals surface area (Å²) in [6.07, 6.45) is -51.5. The largest absolute Gasteiger partial charge is 0.497 e. The van der Waals surface area contributed by atoms with Crippen molar-refractivity contribution in [1.29, 1.82) is 0 Å². The number of esters is 2. The number of carbonyl (C=O) groups excluding carboxylic acids is 2. The molecule has 4 saturated carbocycles. The number of aliphatic hydroxyl groups excluding tert-OH is 17. The molecule has 7 aliphatic heterocycles. The van der Waals surface area contributed by atoms with Crippen molar-refractivity contribution in [3.8, 4) is 5.75 Å². The Morgan fingerprint density at radius 2 is 1.09 bits per heavy atom. The maximum Gasteiger partial charge on any atom is 0.331 e. The molecule has 19 N–H and O–H groups in total. The average Bonchev–Trinajstić information content (AvgIpc) is 0.852. The Kier molecular flexibility index (Phi) is 26.8. The molecule has 13 rings (SSSR count). The minimum Gasteiger partial charge on any atom is -0.497 e. The third-order valence-electron chi connectivity index (χ3n) is 28.4. The fourth-order valence-electron chi connectivity index (χ4n) is 21.4. The molecular formula is C79H118O38. The molecule has 117 heavy (non-hydrogen) atoms. The molecule has 12 aliphatic rings. The lowest BCUT2D eigenvalue weighted by molar-refractivity contribution is -0.398. The molecule has 0 aromatic heterocycles. The van der Waals surface area contributed by atoms with Gasteiger partial charge in [-0.3, -0.25) is 9.59 Å². The highest BCUT2D eigenvalue weighted by molar-refractivity contribution is 5.87. The molecule has 662 valence electrons. The van der Waals surface area contributed by atoms with Crippen molar-refractivity contribution >= 4 is 24.0 Å². The molecule has 1 aromatic carbocycles. The first kappa shape index (κ1) is 90.4. The highest BCUT2D eigenvalue weighted by atomic mass is 16.8. The van der Waals surface area contributed by atoms with E-state index in [0.717, 1.165) is 11.6 Å². The number of rotatable bonds is 22. The number of carbonyl (C=O) groups is 3. The molecule has 0 amide bonds. The Morgan fingerprint density at radius 3 is 1.74 bits per heavy atom. The van der Waals surface area contributed by atoms with Crippen LogP contribution in [0.3, 0.4) is 0 Å². The molecule has 0 bridgehead atoms. The average molecular weight is 1680 g/mol. The number of hydrogen-bond acceptors (Lipinski definition) is 37. The van der Waals surface area contributed by atoms with E-state index in [9.17, 15) is 107 Å². The summed E-state index contributed by atoms with van der Waals surface area (Å²) < 4.78 is 98.7. The van der Waals surface area contributed by atoms with Gasteiger partial charge in [0.05, 0.1) is 82.0 Å². The van der Waals surface area contributed by atoms with E-state index in [4.69, 9.17) is 75.8 Å². The van der Waals surface area contributed by atoms with Crippen molar-refractivity contribution in [2.24, 2.45) is 50.2 Å². The maximum atomic E-state index is 16.6. The van der Waals surface area contributed by atoms with Gasteiger partial charge >= 0.3 is 17.9 Å². The molecule has 0 unspecified atom stereocenters. The third-order valence-corrected chi connectivity index (χ3v) is 28.4. The summed E-state index contributed by atoms with van der Waals surface area (Å²) in [7, 11) is 1.47. The summed E-state index contributed by atoms with van der Waals surface area (Å²) >= 11 is 0. The lowest BCUT2D eigenvalue weighted by atomic mass is 9.33. The number of hydrogen-bond donors (Lipinski definition) is 19. The van der Waals surface area contributed by atoms with E-state index < -0.39 is 310 Å². The van der Waals surface area contributed by atoms with Gasteiger partial charge in [-0.25, -0.2) is 4.79 Å². The SMILES string of the molecule is COc1ccc(C=CC(=O)O[C@@H]2[C@H](O[C@H]3O[C@@H](C)[C@H](O)[C@@H](O)[C@H]3O)[C@@H](O[C@@H]3O[C@@H](C)[C@H](O[C@@H]4OC[C@@H](O)[C@H](O[C@H]5OC[C@@H](O)[C@@H](O)[C@@H]5O)[C@H]4O)[C@@H](O[C@@H]4OC[C@](O)(CO)[C@H]4O)[C@H]3O)[C@H](OC(=O)[C@]34CCC(C)(C)C[C@H]3C3=CC[C@@H]5[C@@]6(C)C[C@H](O)[C@H](O[C@@H]7O[C@H](CO)[C@@H](O)[C@H](O)[C@H]7O)[C@@](C)(C(=O)O)[C@@H]6CC[C@@]5(C)[C@]3(CO)CC4)O[C@@H]2C)cc1. The van der Waals surface area contributed by atoms with Gasteiger partial charge in [0.1, 0.15) is 127 Å². The van der Waals surface area contributed by atoms with E-state index in [1.807, 2.05) is 13.0 Å². The minimum absolute atomic E-state index is 0.0454. The molecule has 1 aromatic rings. The second-order valence-corrected chi connectivity index (χ2v) is 35.8. The monoisotopic (exact) mass is 1670 g/mol. The number of carboxylic acids is 1. The van der Waals surface area contributed by atoms with Crippen LogP contribution in [0.4, 0.5) is 0 Å². The van der Waals surface area contributed by atoms with Crippen LogP contribution < -0.4 is 4.74 Å². The molecule has 7 heterocycles. The van der Waals surface area contributed by atoms with E-state index in [-0.39, 0.29) is 38.5 Å². The van der Waals surface area contributed by atoms with Gasteiger partial charge < -0.3 is 173 Å². The van der Waals surface area contributed by atoms with Gasteiger partial charge in [-0.2, -0.15) is 0 Å². The lowest BCUT2D eigenvalue weighted by Gasteiger charge is -2.71. The quantitative estimate of drug-likeness (QED) is 0.0226. The van der Waals surface area contributed by atoms with Crippen LogP contribution in [0.5, 0.6) is 5.75 Å². The van der Waals surface area contributed by atoms with Gasteiger partial charge in [0.25, 0.3) is 0 Å². The van der Waals surface area contributed by atoms with Crippen LogP contribution in [-0.2, 0) is 85.4 Å². The number of aliphatic hydroxyl groups is 18. The second-order valence-electron chi connectivity index (χ2n) is 35.8. The topological polar surface area (TPSA) is 583 Å². The molecule has 5 aliphatic carbocycles. The summed E-state index contributed by atoms with van der Waals surface area (Å²) in [5.74, 6) is -4.68. The van der Waals surface area contributed by atoms with Gasteiger partial charge in [-0.1, -0.05) is 51.5 Å². The molecular weight excluding hydrogens is 1560 g/mol. The molecule has 7 saturated heterocycles. The van der Waals surface area contributed by atoms with Crippen LogP contribution in [0.25, 0.3) is 6.08 Å². The lowest BCUT2D eigenvalue weighted by Crippen LogP contribution is -2.71. The highest BCUT2D eigenvalue weighted by Gasteiger charge is 2.74. The Bertz CT molecular complexity index is 3670. The smallest absolute Gasteiger partial charge is 0.331 e. The van der Waals surface area contributed by atoms with Gasteiger partial charge in [0.2, 0.25) is 6.29 Å². The number of ether oxygens (including phenoxy) is 16. The number of carboxylic acid groups (broad SMARTS) is 1. The van der Waals surface area contributed by atoms with E-state index >= 15 is 4.79 Å². The summed E-state index contributed by atoms with van der Waals surface area (Å²) in [5, 5.41) is 214. The standard InChI is InChI=1S/C79H118O38/c1-32-46(87)49(90)52(93)66(106-32)114-60-57(110-45(86)17-12-35-10-13-36(102-9)14-11-35)34(3)108-69(61(60)115-68-55(96)59(113-70-62(97)79(101,30-82)31-105-70)56(33(2)107-68)111-65-54(95)58(41(85)28-104-65)112-64-51(92)47(88)40(84)27-103-64)117-72(100)77-21-20-73(4,5)24-38(77)37-15-16-43-74(6)25-39(83)63(116-67-53(94)50(91)48(89)42(26-80)109-67)76(8,71(98)99)44(74)18-19-75(43,7)78(37,29-81)23-22-77/h10-15,17,32-34,38-44,46-70,80-85,87-97,101H,16,18-31H2,1-9H3,(H,98,99)/t32-,33-,34+,38-,39-,40+,41+,42+,43+,44+,46-,47+,48+,49+,50-,51-,52+,53+,54+,55+,56-,57-,58-,59-,60-,61+,62-,63-,64+,65-,66+,67-,68-,69-,70-,74+,75+,76-,77-,78-,79+/m0/s1. The molecule has 0 radical (unpaired) electrons. The maximum absolute atomic E-state index is 16.6. The third kappa shape index (κ3) is 16.1. The Balaban J connectivity index is 0.859. The number of aliphatic carboxylic acids is 1. The molecule has 38 nitrogen and oxygen atoms in total. The van der Waals surface area contributed by atoms with Gasteiger partial charge in [-0.05, 0) is 143 Å². The van der Waals surface area contributed by atoms with Gasteiger partial charge in [0.15, 0.2) is 49.9 Å². The zero-order valence-electron chi connectivity index (χ0n) is 66.6. The minimum atomic E-state index is -2.35. The molecule has 0 spiro atoms. The summed E-state index contributed by atoms with van der Waals surface area (Å²) in [4.78, 5) is 45.2. The van der Waals surface area contributed by atoms with Crippen LogP contribution in [0.1, 0.15) is 119 Å². The summed E-state index contributed by atoms with van der Waals surface area (Å²) in [6, 6.07) is 6.58. The van der Waals surface area contributed by atoms with E-state index in [1.165, 1.54) is 40.9 Å². The van der Waals surface area contributed by atoms with Crippen molar-refractivity contribution in [3.05, 3.63) is 47.6 Å². The first-order chi connectivity index (χ1) is 55.1. The zero-order valence-corrected chi connectivity index (χ0v) is 66.6. The predicted octanol–water partition coefficient (Wildman–Crippen LogP) is -4.28. The normalized spacial score (nSPS) is 50.5. The fourth-order valence-corrected chi connectivity index (χ4v) is 21.4. The van der Waals surface area contributed by atoms with Crippen molar-refractivity contribution in [3.63, 3.8) is 0 Å². The Hall–Kier alpha value is -4.33. The van der Waals surface area contributed by atoms with E-state index in [0.29, 0.717) is 30.6 Å². The summed E-state index contributed by atoms with van der Waals surface area (Å²) in [6.45, 7) is 9.51. The van der Waals surface area contributed by atoms with Crippen molar-refractivity contribution in [2.45, 2.75) is 315 Å². The number of benzene rings is 1. The van der Waals surface area contributed by atoms with Crippen LogP contribution >= 0.6 is 0 Å². The number of methoxy groups -OCH3 is 1. The van der Waals surface area contributed by atoms with Crippen LogP contribution in [0.2, 0.25) is 0 Å². The van der Waals surface area contributed by atoms with E-state index in [2.05, 4.69) is 20.8 Å². The van der Waals surface area contributed by atoms with E-state index in [1.54, 1.807) is 24.3 Å². The van der Waals surface area contributed by atoms with Crippen LogP contribution in [-0.4, -0.2) is 364 Å². The highest BCUT2D eigenvalue weighted by Crippen LogP contribution is 2.76. The number of allylic oxidation sites excluding steroid dienone is 1. The van der Waals surface area contributed by atoms with Crippen LogP contribution in [0.15, 0.2) is 42.0 Å². The van der Waals surface area contributed by atoms with Gasteiger partial charge in [-0.15, -0.1) is 0 Å². The Morgan fingerprint density at radius 1 is 0.521 bits per heavy atom.